The second-order valence-electron chi connectivity index (χ2n) is 5.39. The van der Waals surface area contributed by atoms with Gasteiger partial charge in [-0.25, -0.2) is 0 Å². The first-order chi connectivity index (χ1) is 11.6. The summed E-state index contributed by atoms with van der Waals surface area (Å²) in [6, 6.07) is 5.76. The summed E-state index contributed by atoms with van der Waals surface area (Å²) in [5.74, 6) is 0.0149. The van der Waals surface area contributed by atoms with Crippen molar-refractivity contribution in [2.45, 2.75) is 25.9 Å². The first-order valence-corrected chi connectivity index (χ1v) is 7.52. The molecule has 2 aromatic rings. The number of allylic oxidation sites excluding steroid dienone is 2. The van der Waals surface area contributed by atoms with Crippen molar-refractivity contribution in [1.82, 2.24) is 10.2 Å². The molecule has 0 amide bonds. The fourth-order valence-electron chi connectivity index (χ4n) is 2.41. The normalized spacial score (nSPS) is 16.8. The Bertz CT molecular complexity index is 766. The molecule has 1 atom stereocenters. The maximum atomic E-state index is 11.9. The third-order valence-electron chi connectivity index (χ3n) is 3.73. The summed E-state index contributed by atoms with van der Waals surface area (Å²) >= 11 is 0. The fourth-order valence-corrected chi connectivity index (χ4v) is 2.41. The third kappa shape index (κ3) is 3.65. The molecule has 124 valence electrons. The van der Waals surface area contributed by atoms with E-state index in [0.717, 1.165) is 12.8 Å². The molecule has 1 aromatic heterocycles. The lowest BCUT2D eigenvalue weighted by molar-refractivity contribution is -0.384. The van der Waals surface area contributed by atoms with Gasteiger partial charge in [0.05, 0.1) is 10.8 Å². The van der Waals surface area contributed by atoms with Crippen molar-refractivity contribution in [2.24, 2.45) is 5.92 Å². The number of esters is 1. The first-order valence-electron chi connectivity index (χ1n) is 7.52. The lowest BCUT2D eigenvalue weighted by atomic mass is 9.95. The molecule has 0 spiro atoms. The van der Waals surface area contributed by atoms with Gasteiger partial charge in [0.1, 0.15) is 0 Å². The summed E-state index contributed by atoms with van der Waals surface area (Å²) in [7, 11) is 0. The average molecular weight is 329 g/mol. The zero-order valence-electron chi connectivity index (χ0n) is 12.8. The lowest BCUT2D eigenvalue weighted by Crippen LogP contribution is -2.18. The molecule has 0 bridgehead atoms. The van der Waals surface area contributed by atoms with Crippen LogP contribution >= 0.6 is 0 Å². The van der Waals surface area contributed by atoms with Crippen molar-refractivity contribution in [3.05, 3.63) is 52.4 Å². The molecule has 8 nitrogen and oxygen atoms in total. The van der Waals surface area contributed by atoms with Crippen molar-refractivity contribution in [2.75, 3.05) is 0 Å². The van der Waals surface area contributed by atoms with Crippen LogP contribution in [-0.2, 0) is 16.1 Å². The molecule has 3 rings (SSSR count). The van der Waals surface area contributed by atoms with Crippen molar-refractivity contribution >= 4 is 11.7 Å². The highest BCUT2D eigenvalue weighted by atomic mass is 16.6. The van der Waals surface area contributed by atoms with Crippen LogP contribution in [0.4, 0.5) is 5.69 Å². The Labute approximate surface area is 137 Å². The van der Waals surface area contributed by atoms with Crippen molar-refractivity contribution < 1.29 is 18.9 Å². The molecule has 1 aromatic carbocycles. The Balaban J connectivity index is 1.60. The largest absolute Gasteiger partial charge is 0.455 e. The SMILES string of the molecule is O=C(OCc1nnc(-c2ccc([N+](=O)[O-])cc2)o1)[C@@H]1CC=CCC1. The van der Waals surface area contributed by atoms with Crippen molar-refractivity contribution in [3.8, 4) is 11.5 Å². The van der Waals surface area contributed by atoms with E-state index < -0.39 is 4.92 Å². The number of benzene rings is 1. The molecule has 0 unspecified atom stereocenters. The molecule has 0 radical (unpaired) electrons. The minimum atomic E-state index is -0.483. The number of hydrogen-bond acceptors (Lipinski definition) is 7. The number of aromatic nitrogens is 2. The molecule has 24 heavy (non-hydrogen) atoms. The van der Waals surface area contributed by atoms with Crippen LogP contribution in [0.5, 0.6) is 0 Å². The van der Waals surface area contributed by atoms with Gasteiger partial charge in [0.25, 0.3) is 11.6 Å². The monoisotopic (exact) mass is 329 g/mol. The molecule has 8 heteroatoms. The number of hydrogen-bond donors (Lipinski definition) is 0. The highest BCUT2D eigenvalue weighted by Gasteiger charge is 2.21. The maximum absolute atomic E-state index is 11.9. The van der Waals surface area contributed by atoms with Crippen LogP contribution in [0.3, 0.4) is 0 Å². The smallest absolute Gasteiger partial charge is 0.309 e. The molecule has 1 heterocycles. The van der Waals surface area contributed by atoms with E-state index >= 15 is 0 Å². The number of carbonyl (C=O) groups excluding carboxylic acids is 1. The van der Waals surface area contributed by atoms with Gasteiger partial charge < -0.3 is 9.15 Å². The number of non-ortho nitro benzene ring substituents is 1. The summed E-state index contributed by atoms with van der Waals surface area (Å²) < 4.78 is 10.6. The van der Waals surface area contributed by atoms with Gasteiger partial charge >= 0.3 is 5.97 Å². The topological polar surface area (TPSA) is 108 Å². The van der Waals surface area contributed by atoms with Gasteiger partial charge in [-0.3, -0.25) is 14.9 Å². The molecular weight excluding hydrogens is 314 g/mol. The Kier molecular flexibility index (Phi) is 4.64. The minimum absolute atomic E-state index is 0.0195. The van der Waals surface area contributed by atoms with Gasteiger partial charge in [-0.05, 0) is 31.4 Å². The van der Waals surface area contributed by atoms with E-state index in [1.54, 1.807) is 0 Å². The quantitative estimate of drug-likeness (QED) is 0.359. The Morgan fingerprint density at radius 2 is 2.08 bits per heavy atom. The summed E-state index contributed by atoms with van der Waals surface area (Å²) in [6.45, 7) is -0.0843. The molecule has 0 fully saturated rings. The van der Waals surface area contributed by atoms with E-state index in [0.29, 0.717) is 12.0 Å². The van der Waals surface area contributed by atoms with Gasteiger partial charge in [-0.15, -0.1) is 10.2 Å². The first kappa shape index (κ1) is 15.9. The van der Waals surface area contributed by atoms with Crippen LogP contribution in [0.1, 0.15) is 25.2 Å². The van der Waals surface area contributed by atoms with Gasteiger partial charge in [-0.1, -0.05) is 12.2 Å². The van der Waals surface area contributed by atoms with E-state index in [2.05, 4.69) is 16.3 Å². The van der Waals surface area contributed by atoms with E-state index in [1.165, 1.54) is 24.3 Å². The van der Waals surface area contributed by atoms with Gasteiger partial charge in [-0.2, -0.15) is 0 Å². The van der Waals surface area contributed by atoms with Crippen molar-refractivity contribution in [3.63, 3.8) is 0 Å². The van der Waals surface area contributed by atoms with E-state index in [1.807, 2.05) is 6.08 Å². The Hall–Kier alpha value is -3.03. The van der Waals surface area contributed by atoms with Crippen LogP contribution in [-0.4, -0.2) is 21.1 Å². The summed E-state index contributed by atoms with van der Waals surface area (Å²) in [5.41, 5.74) is 0.539. The average Bonchev–Trinajstić information content (AvgIpc) is 3.09. The van der Waals surface area contributed by atoms with Crippen LogP contribution < -0.4 is 0 Å². The highest BCUT2D eigenvalue weighted by molar-refractivity contribution is 5.72. The van der Waals surface area contributed by atoms with E-state index in [-0.39, 0.29) is 36.0 Å². The van der Waals surface area contributed by atoms with Crippen LogP contribution in [0.25, 0.3) is 11.5 Å². The number of ether oxygens (including phenoxy) is 1. The zero-order valence-corrected chi connectivity index (χ0v) is 12.8. The predicted molar refractivity (Wildman–Crippen MR) is 82.7 cm³/mol. The van der Waals surface area contributed by atoms with Gasteiger partial charge in [0.15, 0.2) is 6.61 Å². The standard InChI is InChI=1S/C16H15N3O5/c20-16(12-4-2-1-3-5-12)23-10-14-17-18-15(24-14)11-6-8-13(9-7-11)19(21)22/h1-2,6-9,12H,3-5,10H2/t12-/m1/s1. The molecule has 0 N–H and O–H groups in total. The van der Waals surface area contributed by atoms with Gasteiger partial charge in [0, 0.05) is 17.7 Å². The molecule has 0 aliphatic heterocycles. The fraction of sp³-hybridized carbons (Fsp3) is 0.312. The molecular formula is C16H15N3O5. The zero-order chi connectivity index (χ0) is 16.9. The van der Waals surface area contributed by atoms with E-state index in [9.17, 15) is 14.9 Å². The minimum Gasteiger partial charge on any atom is -0.455 e. The predicted octanol–water partition coefficient (Wildman–Crippen LogP) is 3.04. The molecule has 0 saturated heterocycles. The second-order valence-corrected chi connectivity index (χ2v) is 5.39. The highest BCUT2D eigenvalue weighted by Crippen LogP contribution is 2.22. The molecule has 1 aliphatic rings. The summed E-state index contributed by atoms with van der Waals surface area (Å²) in [6.07, 6.45) is 6.39. The molecule has 0 saturated carbocycles. The summed E-state index contributed by atoms with van der Waals surface area (Å²) in [5, 5.41) is 18.3. The third-order valence-corrected chi connectivity index (χ3v) is 3.73. The lowest BCUT2D eigenvalue weighted by Gasteiger charge is -2.15. The number of nitro benzene ring substituents is 1. The van der Waals surface area contributed by atoms with Crippen LogP contribution in [0, 0.1) is 16.0 Å². The van der Waals surface area contributed by atoms with Crippen LogP contribution in [0.2, 0.25) is 0 Å². The molecule has 1 aliphatic carbocycles. The van der Waals surface area contributed by atoms with Gasteiger partial charge in [0.2, 0.25) is 5.89 Å². The maximum Gasteiger partial charge on any atom is 0.309 e. The Morgan fingerprint density at radius 3 is 2.75 bits per heavy atom. The second kappa shape index (κ2) is 7.03. The van der Waals surface area contributed by atoms with Crippen molar-refractivity contribution in [1.29, 1.82) is 0 Å². The number of nitro groups is 1. The van der Waals surface area contributed by atoms with E-state index in [4.69, 9.17) is 9.15 Å². The number of rotatable bonds is 5. The Morgan fingerprint density at radius 1 is 1.29 bits per heavy atom. The van der Waals surface area contributed by atoms with Crippen LogP contribution in [0.15, 0.2) is 40.8 Å². The summed E-state index contributed by atoms with van der Waals surface area (Å²) in [4.78, 5) is 22.1. The number of nitrogens with zero attached hydrogens (tertiary/aromatic N) is 3. The number of carbonyl (C=O) groups is 1.